The van der Waals surface area contributed by atoms with E-state index in [1.165, 1.54) is 0 Å². The van der Waals surface area contributed by atoms with Gasteiger partial charge in [0.25, 0.3) is 0 Å². The maximum atomic E-state index is 12.2. The first kappa shape index (κ1) is 14.5. The van der Waals surface area contributed by atoms with Crippen molar-refractivity contribution in [1.82, 2.24) is 4.98 Å². The molecule has 4 nitrogen and oxygen atoms in total. The summed E-state index contributed by atoms with van der Waals surface area (Å²) < 4.78 is 5.98. The second-order valence-electron chi connectivity index (χ2n) is 4.31. The highest BCUT2D eigenvalue weighted by molar-refractivity contribution is 9.10. The van der Waals surface area contributed by atoms with Gasteiger partial charge >= 0.3 is 0 Å². The molecule has 5 heteroatoms. The molecule has 0 unspecified atom stereocenters. The zero-order valence-corrected chi connectivity index (χ0v) is 12.9. The molecule has 0 radical (unpaired) electrons. The first-order valence-electron chi connectivity index (χ1n) is 6.11. The Morgan fingerprint density at radius 1 is 1.25 bits per heavy atom. The number of likely N-dealkylation sites (N-methyl/N-ethyl adjacent to an activating group) is 1. The average molecular weight is 335 g/mol. The van der Waals surface area contributed by atoms with Crippen LogP contribution in [0.2, 0.25) is 0 Å². The van der Waals surface area contributed by atoms with E-state index in [0.717, 1.165) is 15.8 Å². The topological polar surface area (TPSA) is 42.4 Å². The molecule has 104 valence electrons. The number of rotatable bonds is 4. The zero-order chi connectivity index (χ0) is 14.5. The number of ether oxygens (including phenoxy) is 1. The Hall–Kier alpha value is -1.88. The normalized spacial score (nSPS) is 10.2. The Bertz CT molecular complexity index is 582. The molecule has 0 aliphatic carbocycles. The third-order valence-electron chi connectivity index (χ3n) is 2.94. The van der Waals surface area contributed by atoms with Gasteiger partial charge in [-0.25, -0.2) is 4.98 Å². The summed E-state index contributed by atoms with van der Waals surface area (Å²) in [4.78, 5) is 18.0. The van der Waals surface area contributed by atoms with E-state index >= 15 is 0 Å². The minimum absolute atomic E-state index is 0.00927. The van der Waals surface area contributed by atoms with E-state index in [-0.39, 0.29) is 5.91 Å². The summed E-state index contributed by atoms with van der Waals surface area (Å²) in [5.74, 6) is 1.40. The lowest BCUT2D eigenvalue weighted by molar-refractivity contribution is -0.117. The van der Waals surface area contributed by atoms with Crippen molar-refractivity contribution in [2.45, 2.75) is 6.42 Å². The predicted molar refractivity (Wildman–Crippen MR) is 82.0 cm³/mol. The van der Waals surface area contributed by atoms with Crippen molar-refractivity contribution in [3.05, 3.63) is 52.6 Å². The van der Waals surface area contributed by atoms with Crippen LogP contribution < -0.4 is 9.64 Å². The molecule has 1 aromatic carbocycles. The summed E-state index contributed by atoms with van der Waals surface area (Å²) in [6.07, 6.45) is 2.00. The number of benzene rings is 1. The van der Waals surface area contributed by atoms with Gasteiger partial charge in [0.2, 0.25) is 5.91 Å². The monoisotopic (exact) mass is 334 g/mol. The molecule has 2 rings (SSSR count). The van der Waals surface area contributed by atoms with Crippen molar-refractivity contribution in [2.75, 3.05) is 19.1 Å². The van der Waals surface area contributed by atoms with Crippen LogP contribution in [0.3, 0.4) is 0 Å². The second-order valence-corrected chi connectivity index (χ2v) is 5.23. The predicted octanol–water partition coefficient (Wildman–Crippen LogP) is 3.06. The highest BCUT2D eigenvalue weighted by atomic mass is 79.9. The van der Waals surface area contributed by atoms with Crippen LogP contribution in [0.25, 0.3) is 0 Å². The van der Waals surface area contributed by atoms with Gasteiger partial charge < -0.3 is 4.74 Å². The van der Waals surface area contributed by atoms with Gasteiger partial charge in [-0.05, 0) is 45.8 Å². The fraction of sp³-hybridized carbons (Fsp3) is 0.200. The summed E-state index contributed by atoms with van der Waals surface area (Å²) in [5, 5.41) is 0. The lowest BCUT2D eigenvalue weighted by atomic mass is 10.1. The molecule has 0 aliphatic rings. The highest BCUT2D eigenvalue weighted by Crippen LogP contribution is 2.16. The summed E-state index contributed by atoms with van der Waals surface area (Å²) in [7, 11) is 3.34. The van der Waals surface area contributed by atoms with Gasteiger partial charge in [-0.2, -0.15) is 0 Å². The second kappa shape index (κ2) is 6.52. The maximum Gasteiger partial charge on any atom is 0.232 e. The molecule has 20 heavy (non-hydrogen) atoms. The summed E-state index contributed by atoms with van der Waals surface area (Å²) in [6.45, 7) is 0. The highest BCUT2D eigenvalue weighted by Gasteiger charge is 2.12. The average Bonchev–Trinajstić information content (AvgIpc) is 2.48. The number of methoxy groups -OCH3 is 1. The van der Waals surface area contributed by atoms with Gasteiger partial charge in [-0.15, -0.1) is 0 Å². The van der Waals surface area contributed by atoms with Gasteiger partial charge in [0.15, 0.2) is 0 Å². The molecule has 0 spiro atoms. The third kappa shape index (κ3) is 3.57. The molecule has 0 bridgehead atoms. The fourth-order valence-electron chi connectivity index (χ4n) is 1.73. The molecule has 0 N–H and O–H groups in total. The van der Waals surface area contributed by atoms with Gasteiger partial charge in [0.05, 0.1) is 13.5 Å². The molecule has 1 aromatic heterocycles. The van der Waals surface area contributed by atoms with Gasteiger partial charge in [0, 0.05) is 17.7 Å². The standard InChI is InChI=1S/C15H15BrN2O2/c1-18(14-8-5-12(16)10-17-14)15(19)9-11-3-6-13(20-2)7-4-11/h3-8,10H,9H2,1-2H3. The van der Waals surface area contributed by atoms with Crippen LogP contribution in [0.4, 0.5) is 5.82 Å². The van der Waals surface area contributed by atoms with Crippen molar-refractivity contribution >= 4 is 27.7 Å². The third-order valence-corrected chi connectivity index (χ3v) is 3.41. The zero-order valence-electron chi connectivity index (χ0n) is 11.3. The first-order chi connectivity index (χ1) is 9.60. The summed E-state index contributed by atoms with van der Waals surface area (Å²) in [5.41, 5.74) is 0.944. The number of aromatic nitrogens is 1. The number of carbonyl (C=O) groups is 1. The smallest absolute Gasteiger partial charge is 0.232 e. The van der Waals surface area contributed by atoms with Crippen LogP contribution in [0.15, 0.2) is 47.1 Å². The Morgan fingerprint density at radius 3 is 2.50 bits per heavy atom. The van der Waals surface area contributed by atoms with E-state index < -0.39 is 0 Å². The van der Waals surface area contributed by atoms with Crippen molar-refractivity contribution in [3.8, 4) is 5.75 Å². The van der Waals surface area contributed by atoms with E-state index in [2.05, 4.69) is 20.9 Å². The van der Waals surface area contributed by atoms with Gasteiger partial charge in [-0.1, -0.05) is 12.1 Å². The summed E-state index contributed by atoms with van der Waals surface area (Å²) >= 11 is 3.32. The van der Waals surface area contributed by atoms with E-state index in [4.69, 9.17) is 4.74 Å². The summed E-state index contributed by atoms with van der Waals surface area (Å²) in [6, 6.07) is 11.1. The molecule has 0 atom stereocenters. The molecule has 0 fully saturated rings. The number of pyridine rings is 1. The number of anilines is 1. The first-order valence-corrected chi connectivity index (χ1v) is 6.90. The van der Waals surface area contributed by atoms with Crippen LogP contribution >= 0.6 is 15.9 Å². The Labute approximate surface area is 126 Å². The Morgan fingerprint density at radius 2 is 1.95 bits per heavy atom. The quantitative estimate of drug-likeness (QED) is 0.862. The molecule has 1 heterocycles. The number of amides is 1. The minimum atomic E-state index is -0.00927. The molecule has 2 aromatic rings. The SMILES string of the molecule is COc1ccc(CC(=O)N(C)c2ccc(Br)cn2)cc1. The van der Waals surface area contributed by atoms with E-state index in [0.29, 0.717) is 12.2 Å². The van der Waals surface area contributed by atoms with E-state index in [9.17, 15) is 4.79 Å². The van der Waals surface area contributed by atoms with Crippen LogP contribution in [0, 0.1) is 0 Å². The fourth-order valence-corrected chi connectivity index (χ4v) is 1.97. The maximum absolute atomic E-state index is 12.2. The number of hydrogen-bond acceptors (Lipinski definition) is 3. The Balaban J connectivity index is 2.05. The minimum Gasteiger partial charge on any atom is -0.497 e. The number of hydrogen-bond donors (Lipinski definition) is 0. The lowest BCUT2D eigenvalue weighted by Crippen LogP contribution is -2.28. The molecule has 0 saturated heterocycles. The molecular weight excluding hydrogens is 320 g/mol. The number of carbonyl (C=O) groups excluding carboxylic acids is 1. The Kier molecular flexibility index (Phi) is 4.74. The number of halogens is 1. The lowest BCUT2D eigenvalue weighted by Gasteiger charge is -2.16. The van der Waals surface area contributed by atoms with Crippen LogP contribution in [0.5, 0.6) is 5.75 Å². The molecule has 0 aliphatic heterocycles. The van der Waals surface area contributed by atoms with Crippen molar-refractivity contribution in [3.63, 3.8) is 0 Å². The number of nitrogens with zero attached hydrogens (tertiary/aromatic N) is 2. The molecular formula is C15H15BrN2O2. The van der Waals surface area contributed by atoms with Gasteiger partial charge in [0.1, 0.15) is 11.6 Å². The molecule has 0 saturated carbocycles. The van der Waals surface area contributed by atoms with E-state index in [1.54, 1.807) is 31.3 Å². The van der Waals surface area contributed by atoms with Crippen molar-refractivity contribution in [2.24, 2.45) is 0 Å². The van der Waals surface area contributed by atoms with Crippen molar-refractivity contribution in [1.29, 1.82) is 0 Å². The van der Waals surface area contributed by atoms with E-state index in [1.807, 2.05) is 30.3 Å². The molecule has 1 amide bonds. The largest absolute Gasteiger partial charge is 0.497 e. The van der Waals surface area contributed by atoms with Gasteiger partial charge in [-0.3, -0.25) is 9.69 Å². The van der Waals surface area contributed by atoms with Crippen molar-refractivity contribution < 1.29 is 9.53 Å². The van der Waals surface area contributed by atoms with Crippen LogP contribution in [-0.2, 0) is 11.2 Å². The van der Waals surface area contributed by atoms with Crippen LogP contribution in [-0.4, -0.2) is 25.0 Å². The van der Waals surface area contributed by atoms with Crippen LogP contribution in [0.1, 0.15) is 5.56 Å².